The van der Waals surface area contributed by atoms with E-state index in [9.17, 15) is 0 Å². The number of aryl methyl sites for hydroxylation is 1. The van der Waals surface area contributed by atoms with Gasteiger partial charge in [0.2, 0.25) is 0 Å². The molecule has 5 nitrogen and oxygen atoms in total. The minimum Gasteiger partial charge on any atom is -0.388 e. The van der Waals surface area contributed by atoms with E-state index in [4.69, 9.17) is 31.2 Å². The number of fused-ring (bicyclic) bond motifs is 2. The first kappa shape index (κ1) is 21.2. The Bertz CT molecular complexity index is 1210. The van der Waals surface area contributed by atoms with E-state index >= 15 is 0 Å². The largest absolute Gasteiger partial charge is 0.388 e. The van der Waals surface area contributed by atoms with Gasteiger partial charge in [0, 0.05) is 17.9 Å². The third-order valence-corrected chi connectivity index (χ3v) is 6.18. The van der Waals surface area contributed by atoms with E-state index in [-0.39, 0.29) is 18.3 Å². The number of ether oxygens (including phenoxy) is 2. The molecular formula is C26H25ClN2O3. The number of aliphatic hydroxyl groups is 1. The van der Waals surface area contributed by atoms with Gasteiger partial charge in [-0.15, -0.1) is 0 Å². The van der Waals surface area contributed by atoms with Crippen LogP contribution in [0.5, 0.6) is 0 Å². The van der Waals surface area contributed by atoms with Crippen molar-refractivity contribution in [2.45, 2.75) is 31.7 Å². The molecular weight excluding hydrogens is 424 g/mol. The molecule has 2 saturated heterocycles. The highest BCUT2D eigenvalue weighted by Gasteiger charge is 2.40. The van der Waals surface area contributed by atoms with Crippen LogP contribution in [-0.2, 0) is 9.47 Å². The summed E-state index contributed by atoms with van der Waals surface area (Å²) in [4.78, 5) is 7.97. The van der Waals surface area contributed by atoms with Crippen LogP contribution in [0.15, 0.2) is 66.7 Å². The van der Waals surface area contributed by atoms with Crippen molar-refractivity contribution in [2.75, 3.05) is 13.2 Å². The number of rotatable bonds is 2. The van der Waals surface area contributed by atoms with Crippen LogP contribution in [0, 0.1) is 6.92 Å². The topological polar surface area (TPSA) is 67.4 Å². The molecule has 2 fully saturated rings. The molecule has 4 heterocycles. The maximum atomic E-state index is 9.15. The molecule has 0 saturated carbocycles. The number of nitrogens with one attached hydrogen (secondary N) is 1. The molecule has 4 aromatic rings. The van der Waals surface area contributed by atoms with Crippen LogP contribution in [0.3, 0.4) is 0 Å². The molecule has 164 valence electrons. The summed E-state index contributed by atoms with van der Waals surface area (Å²) in [7, 11) is 0. The van der Waals surface area contributed by atoms with Gasteiger partial charge in [-0.2, -0.15) is 0 Å². The second kappa shape index (κ2) is 9.04. The van der Waals surface area contributed by atoms with E-state index in [0.717, 1.165) is 41.0 Å². The fourth-order valence-electron chi connectivity index (χ4n) is 4.27. The first-order valence-electron chi connectivity index (χ1n) is 10.8. The quantitative estimate of drug-likeness (QED) is 0.431. The van der Waals surface area contributed by atoms with Crippen molar-refractivity contribution in [1.29, 1.82) is 0 Å². The lowest BCUT2D eigenvalue weighted by Gasteiger charge is -2.08. The normalized spacial score (nSPS) is 21.9. The maximum Gasteiger partial charge on any atom is 0.112 e. The second-order valence-electron chi connectivity index (χ2n) is 8.21. The number of halogens is 1. The van der Waals surface area contributed by atoms with Gasteiger partial charge in [0.25, 0.3) is 0 Å². The summed E-state index contributed by atoms with van der Waals surface area (Å²) >= 11 is 6.42. The summed E-state index contributed by atoms with van der Waals surface area (Å²) in [6.45, 7) is 3.21. The highest BCUT2D eigenvalue weighted by atomic mass is 35.5. The van der Waals surface area contributed by atoms with Crippen LogP contribution in [0.1, 0.15) is 12.1 Å². The molecule has 0 aliphatic carbocycles. The van der Waals surface area contributed by atoms with Gasteiger partial charge in [-0.25, -0.2) is 4.98 Å². The average Bonchev–Trinajstić information content (AvgIpc) is 3.51. The van der Waals surface area contributed by atoms with Crippen LogP contribution >= 0.6 is 11.6 Å². The first-order valence-corrected chi connectivity index (χ1v) is 11.2. The van der Waals surface area contributed by atoms with E-state index < -0.39 is 0 Å². The fourth-order valence-corrected chi connectivity index (χ4v) is 4.53. The number of H-pyrrole nitrogens is 1. The van der Waals surface area contributed by atoms with Crippen molar-refractivity contribution in [2.24, 2.45) is 0 Å². The number of aliphatic hydroxyl groups excluding tert-OH is 1. The summed E-state index contributed by atoms with van der Waals surface area (Å²) in [5.41, 5.74) is 7.22. The van der Waals surface area contributed by atoms with Crippen LogP contribution in [0.4, 0.5) is 0 Å². The highest BCUT2D eigenvalue weighted by Crippen LogP contribution is 2.31. The van der Waals surface area contributed by atoms with Gasteiger partial charge in [0.1, 0.15) is 12.2 Å². The molecule has 2 N–H and O–H groups in total. The zero-order chi connectivity index (χ0) is 22.1. The Hall–Kier alpha value is -2.70. The molecule has 2 aromatic heterocycles. The lowest BCUT2D eigenvalue weighted by molar-refractivity contribution is 0.0187. The molecule has 6 rings (SSSR count). The van der Waals surface area contributed by atoms with Crippen molar-refractivity contribution in [3.63, 3.8) is 0 Å². The summed E-state index contributed by atoms with van der Waals surface area (Å²) in [6.07, 6.45) is 0.726. The smallest absolute Gasteiger partial charge is 0.112 e. The Kier molecular flexibility index (Phi) is 5.98. The van der Waals surface area contributed by atoms with Crippen molar-refractivity contribution >= 4 is 22.6 Å². The second-order valence-corrected chi connectivity index (χ2v) is 8.62. The summed E-state index contributed by atoms with van der Waals surface area (Å²) in [5, 5.41) is 9.81. The molecule has 0 radical (unpaired) electrons. The Morgan fingerprint density at radius 1 is 0.969 bits per heavy atom. The van der Waals surface area contributed by atoms with E-state index in [2.05, 4.69) is 41.4 Å². The zero-order valence-corrected chi connectivity index (χ0v) is 18.5. The SMILES string of the molecule is Cc1cc2nc(-c3ccc(-c4ccccc4)cc3)c(Cl)cc2[nH]1.OC1COC2CCO[C@H]12. The van der Waals surface area contributed by atoms with Gasteiger partial charge in [0.05, 0.1) is 34.5 Å². The predicted molar refractivity (Wildman–Crippen MR) is 127 cm³/mol. The first-order chi connectivity index (χ1) is 15.6. The van der Waals surface area contributed by atoms with Crippen molar-refractivity contribution in [1.82, 2.24) is 9.97 Å². The van der Waals surface area contributed by atoms with E-state index in [0.29, 0.717) is 11.6 Å². The maximum absolute atomic E-state index is 9.15. The Morgan fingerprint density at radius 2 is 1.69 bits per heavy atom. The van der Waals surface area contributed by atoms with Gasteiger partial charge in [-0.3, -0.25) is 0 Å². The lowest BCUT2D eigenvalue weighted by atomic mass is 10.0. The summed E-state index contributed by atoms with van der Waals surface area (Å²) in [6, 6.07) is 22.7. The molecule has 2 unspecified atom stereocenters. The van der Waals surface area contributed by atoms with Crippen LogP contribution < -0.4 is 0 Å². The molecule has 0 amide bonds. The third-order valence-electron chi connectivity index (χ3n) is 5.90. The number of nitrogens with zero attached hydrogens (tertiary/aromatic N) is 1. The zero-order valence-electron chi connectivity index (χ0n) is 17.8. The van der Waals surface area contributed by atoms with E-state index in [1.165, 1.54) is 11.1 Å². The van der Waals surface area contributed by atoms with Crippen molar-refractivity contribution < 1.29 is 14.6 Å². The van der Waals surface area contributed by atoms with Crippen LogP contribution in [-0.4, -0.2) is 46.6 Å². The molecule has 2 aliphatic heterocycles. The summed E-state index contributed by atoms with van der Waals surface area (Å²) in [5.74, 6) is 0. The highest BCUT2D eigenvalue weighted by molar-refractivity contribution is 6.33. The molecule has 2 aromatic carbocycles. The number of pyridine rings is 1. The molecule has 0 spiro atoms. The minimum absolute atomic E-state index is 0.0231. The predicted octanol–water partition coefficient (Wildman–Crippen LogP) is 5.39. The number of hydrogen-bond donors (Lipinski definition) is 2. The van der Waals surface area contributed by atoms with Crippen LogP contribution in [0.2, 0.25) is 5.02 Å². The minimum atomic E-state index is -0.377. The van der Waals surface area contributed by atoms with Gasteiger partial charge >= 0.3 is 0 Å². The van der Waals surface area contributed by atoms with Crippen LogP contribution in [0.25, 0.3) is 33.4 Å². The number of aromatic nitrogens is 2. The Labute approximate surface area is 192 Å². The molecule has 0 bridgehead atoms. The van der Waals surface area contributed by atoms with E-state index in [1.807, 2.05) is 37.3 Å². The molecule has 32 heavy (non-hydrogen) atoms. The van der Waals surface area contributed by atoms with E-state index in [1.54, 1.807) is 0 Å². The lowest BCUT2D eigenvalue weighted by Crippen LogP contribution is -2.26. The van der Waals surface area contributed by atoms with Gasteiger partial charge in [0.15, 0.2) is 0 Å². The monoisotopic (exact) mass is 448 g/mol. The molecule has 3 atom stereocenters. The van der Waals surface area contributed by atoms with Gasteiger partial charge in [-0.1, -0.05) is 66.2 Å². The van der Waals surface area contributed by atoms with Crippen molar-refractivity contribution in [3.8, 4) is 22.4 Å². The summed E-state index contributed by atoms with van der Waals surface area (Å²) < 4.78 is 10.4. The Balaban J connectivity index is 0.000000199. The average molecular weight is 449 g/mol. The molecule has 6 heteroatoms. The van der Waals surface area contributed by atoms with Crippen molar-refractivity contribution in [3.05, 3.63) is 77.4 Å². The number of benzene rings is 2. The van der Waals surface area contributed by atoms with Gasteiger partial charge < -0.3 is 19.6 Å². The molecule has 2 aliphatic rings. The van der Waals surface area contributed by atoms with Gasteiger partial charge in [-0.05, 0) is 36.6 Å². The number of hydrogen-bond acceptors (Lipinski definition) is 4. The number of aromatic amines is 1. The third kappa shape index (κ3) is 4.30. The Morgan fingerprint density at radius 3 is 2.44 bits per heavy atom. The standard InChI is InChI=1S/C20H15ClN2.C6H10O3/c1-13-11-18-19(22-13)12-17(21)20(23-18)16-9-7-15(8-10-16)14-5-3-2-4-6-14;7-4-3-9-5-1-2-8-6(4)5/h2-12,22H,1H3;4-7H,1-3H2/t;4?,5?,6-/m.1/s1. The fraction of sp³-hybridized carbons (Fsp3) is 0.269.